The van der Waals surface area contributed by atoms with E-state index in [0.717, 1.165) is 36.4 Å². The molecule has 0 spiro atoms. The number of carbonyl (C=O) groups excluding carboxylic acids is 1. The van der Waals surface area contributed by atoms with E-state index in [-0.39, 0.29) is 0 Å². The highest BCUT2D eigenvalue weighted by atomic mass is 32.2. The van der Waals surface area contributed by atoms with Crippen LogP contribution < -0.4 is 0 Å². The molecular weight excluding hydrogens is 424 g/mol. The molecule has 0 saturated carbocycles. The maximum Gasteiger partial charge on any atom is 0.431 e. The van der Waals surface area contributed by atoms with Crippen LogP contribution in [0, 0.1) is 10.1 Å². The fraction of sp³-hybridized carbons (Fsp3) is 0.188. The van der Waals surface area contributed by atoms with Gasteiger partial charge in [-0.2, -0.15) is 21.6 Å². The van der Waals surface area contributed by atoms with Gasteiger partial charge in [-0.15, -0.1) is 0 Å². The lowest BCUT2D eigenvalue weighted by Crippen LogP contribution is -2.56. The second-order valence-corrected chi connectivity index (χ2v) is 7.21. The van der Waals surface area contributed by atoms with Crippen molar-refractivity contribution in [3.8, 4) is 0 Å². The first-order valence-corrected chi connectivity index (χ1v) is 9.01. The number of para-hydroxylation sites is 1. The number of methoxy groups -OCH3 is 1. The molecule has 0 radical (unpaired) electrons. The third-order valence-electron chi connectivity index (χ3n) is 3.90. The summed E-state index contributed by atoms with van der Waals surface area (Å²) >= 11 is 0. The Morgan fingerprint density at radius 1 is 1.07 bits per heavy atom. The second kappa shape index (κ2) is 7.75. The lowest BCUT2D eigenvalue weighted by molar-refractivity contribution is -0.387. The number of hydrogen-bond donors (Lipinski definition) is 0. The topological polar surface area (TPSA) is 107 Å². The molecule has 2 aromatic carbocycles. The third-order valence-corrected chi connectivity index (χ3v) is 5.39. The molecule has 13 heteroatoms. The van der Waals surface area contributed by atoms with Crippen LogP contribution in [0.1, 0.15) is 5.56 Å². The van der Waals surface area contributed by atoms with Crippen molar-refractivity contribution in [1.82, 2.24) is 4.53 Å². The predicted octanol–water partition coefficient (Wildman–Crippen LogP) is 3.10. The largest absolute Gasteiger partial charge is 0.431 e. The molecule has 2 rings (SSSR count). The number of carbonyl (C=O) groups is 1. The van der Waals surface area contributed by atoms with Gasteiger partial charge in [0.05, 0.1) is 4.92 Å². The SMILES string of the molecule is CO[C@@](C(=O)N(F)S(=O)(=O)c1ccccc1[N+](=O)[O-])(c1ccccc1)C(F)(F)F. The Morgan fingerprint density at radius 2 is 1.59 bits per heavy atom. The fourth-order valence-electron chi connectivity index (χ4n) is 2.55. The highest BCUT2D eigenvalue weighted by molar-refractivity contribution is 7.89. The van der Waals surface area contributed by atoms with E-state index >= 15 is 0 Å². The van der Waals surface area contributed by atoms with Gasteiger partial charge in [-0.25, -0.2) is 0 Å². The molecule has 1 atom stereocenters. The van der Waals surface area contributed by atoms with Gasteiger partial charge >= 0.3 is 12.1 Å². The van der Waals surface area contributed by atoms with Crippen molar-refractivity contribution in [3.63, 3.8) is 0 Å². The molecule has 2 aromatic rings. The molecule has 156 valence electrons. The Hall–Kier alpha value is -3.06. The standard InChI is InChI=1S/C16H12F4N2O6S/c1-28-15(16(17,18)19,11-7-3-2-4-8-11)14(23)21(20)29(26,27)13-10-6-5-9-12(13)22(24)25/h2-10H,1H3/t15-/m1/s1. The Kier molecular flexibility index (Phi) is 5.94. The Morgan fingerprint density at radius 3 is 2.07 bits per heavy atom. The van der Waals surface area contributed by atoms with Crippen LogP contribution in [-0.2, 0) is 25.2 Å². The van der Waals surface area contributed by atoms with E-state index in [1.165, 1.54) is 6.07 Å². The van der Waals surface area contributed by atoms with E-state index in [1.54, 1.807) is 0 Å². The number of nitro benzene ring substituents is 1. The first-order chi connectivity index (χ1) is 13.4. The molecule has 0 aromatic heterocycles. The van der Waals surface area contributed by atoms with Crippen molar-refractivity contribution in [1.29, 1.82) is 0 Å². The molecule has 0 unspecified atom stereocenters. The minimum atomic E-state index is -5.68. The summed E-state index contributed by atoms with van der Waals surface area (Å²) in [7, 11) is -5.23. The number of nitro groups is 1. The zero-order chi connectivity index (χ0) is 22.0. The average molecular weight is 436 g/mol. The van der Waals surface area contributed by atoms with Crippen LogP contribution >= 0.6 is 0 Å². The van der Waals surface area contributed by atoms with E-state index in [2.05, 4.69) is 4.74 Å². The number of alkyl halides is 3. The zero-order valence-electron chi connectivity index (χ0n) is 14.5. The van der Waals surface area contributed by atoms with Crippen LogP contribution in [0.15, 0.2) is 59.5 Å². The number of sulfonamides is 1. The summed E-state index contributed by atoms with van der Waals surface area (Å²) in [6.07, 6.45) is -5.58. The van der Waals surface area contributed by atoms with Crippen LogP contribution in [-0.4, -0.2) is 37.1 Å². The van der Waals surface area contributed by atoms with Gasteiger partial charge in [0.25, 0.3) is 21.3 Å². The Bertz CT molecular complexity index is 1030. The number of amides is 1. The summed E-state index contributed by atoms with van der Waals surface area (Å²) < 4.78 is 83.7. The number of benzene rings is 2. The molecule has 8 nitrogen and oxygen atoms in total. The van der Waals surface area contributed by atoms with Gasteiger partial charge in [0.1, 0.15) is 0 Å². The van der Waals surface area contributed by atoms with E-state index in [9.17, 15) is 41.0 Å². The van der Waals surface area contributed by atoms with Crippen molar-refractivity contribution in [2.24, 2.45) is 0 Å². The summed E-state index contributed by atoms with van der Waals surface area (Å²) in [5.41, 5.74) is -6.03. The third kappa shape index (κ3) is 3.65. The molecular formula is C16H12F4N2O6S. The summed E-state index contributed by atoms with van der Waals surface area (Å²) in [5, 5.41) is 11.0. The van der Waals surface area contributed by atoms with Crippen molar-refractivity contribution < 1.29 is 40.5 Å². The lowest BCUT2D eigenvalue weighted by Gasteiger charge is -2.34. The van der Waals surface area contributed by atoms with E-state index in [4.69, 9.17) is 0 Å². The van der Waals surface area contributed by atoms with Crippen LogP contribution in [0.3, 0.4) is 0 Å². The van der Waals surface area contributed by atoms with Gasteiger partial charge in [-0.1, -0.05) is 51.5 Å². The van der Waals surface area contributed by atoms with Crippen LogP contribution in [0.25, 0.3) is 0 Å². The van der Waals surface area contributed by atoms with E-state index in [1.807, 2.05) is 0 Å². The van der Waals surface area contributed by atoms with Gasteiger partial charge in [0, 0.05) is 18.7 Å². The van der Waals surface area contributed by atoms with Gasteiger partial charge in [-0.05, 0) is 6.07 Å². The molecule has 0 aliphatic carbocycles. The first-order valence-electron chi connectivity index (χ1n) is 7.57. The van der Waals surface area contributed by atoms with Gasteiger partial charge < -0.3 is 4.74 Å². The maximum absolute atomic E-state index is 14.7. The quantitative estimate of drug-likeness (QED) is 0.298. The van der Waals surface area contributed by atoms with Crippen molar-refractivity contribution in [2.45, 2.75) is 16.7 Å². The number of ether oxygens (including phenoxy) is 1. The normalized spacial score (nSPS) is 14.1. The van der Waals surface area contributed by atoms with Gasteiger partial charge in [0.2, 0.25) is 0 Å². The minimum Gasteiger partial charge on any atom is -0.356 e. The molecule has 29 heavy (non-hydrogen) atoms. The van der Waals surface area contributed by atoms with Gasteiger partial charge in [0.15, 0.2) is 4.90 Å². The smallest absolute Gasteiger partial charge is 0.356 e. The second-order valence-electron chi connectivity index (χ2n) is 5.50. The molecule has 0 saturated heterocycles. The molecule has 0 aliphatic rings. The average Bonchev–Trinajstić information content (AvgIpc) is 2.67. The molecule has 0 N–H and O–H groups in total. The van der Waals surface area contributed by atoms with Crippen molar-refractivity contribution >= 4 is 21.6 Å². The molecule has 0 fully saturated rings. The number of nitrogens with zero attached hydrogens (tertiary/aromatic N) is 2. The summed E-state index contributed by atoms with van der Waals surface area (Å²) in [5.74, 6) is -2.64. The monoisotopic (exact) mass is 436 g/mol. The highest BCUT2D eigenvalue weighted by Crippen LogP contribution is 2.44. The molecule has 0 bridgehead atoms. The van der Waals surface area contributed by atoms with Crippen molar-refractivity contribution in [3.05, 3.63) is 70.3 Å². The van der Waals surface area contributed by atoms with Crippen LogP contribution in [0.4, 0.5) is 23.3 Å². The summed E-state index contributed by atoms with van der Waals surface area (Å²) in [6, 6.07) is 8.39. The van der Waals surface area contributed by atoms with Crippen LogP contribution in [0.5, 0.6) is 0 Å². The summed E-state index contributed by atoms with van der Waals surface area (Å²) in [6.45, 7) is 0. The Balaban J connectivity index is 2.68. The molecule has 0 heterocycles. The highest BCUT2D eigenvalue weighted by Gasteiger charge is 2.66. The zero-order valence-corrected chi connectivity index (χ0v) is 15.3. The van der Waals surface area contributed by atoms with Crippen LogP contribution in [0.2, 0.25) is 0 Å². The summed E-state index contributed by atoms with van der Waals surface area (Å²) in [4.78, 5) is 21.0. The van der Waals surface area contributed by atoms with Crippen molar-refractivity contribution in [2.75, 3.05) is 7.11 Å². The predicted molar refractivity (Wildman–Crippen MR) is 89.4 cm³/mol. The maximum atomic E-state index is 14.7. The van der Waals surface area contributed by atoms with E-state index < -0.39 is 53.3 Å². The lowest BCUT2D eigenvalue weighted by atomic mass is 9.92. The van der Waals surface area contributed by atoms with Gasteiger partial charge in [-0.3, -0.25) is 14.9 Å². The Labute approximate surface area is 161 Å². The number of hydrogen-bond acceptors (Lipinski definition) is 6. The molecule has 1 amide bonds. The first kappa shape index (κ1) is 22.2. The molecule has 0 aliphatic heterocycles. The number of halogens is 4. The minimum absolute atomic E-state index is 0.448. The fourth-order valence-corrected chi connectivity index (χ4v) is 3.72. The number of rotatable bonds is 6. The van der Waals surface area contributed by atoms with E-state index in [0.29, 0.717) is 19.2 Å².